The normalized spacial score (nSPS) is 26.8. The monoisotopic (exact) mass is 242 g/mol. The Morgan fingerprint density at radius 1 is 1.24 bits per heavy atom. The Morgan fingerprint density at radius 3 is 2.59 bits per heavy atom. The maximum Gasteiger partial charge on any atom is 0.225 e. The molecule has 1 atom stereocenters. The number of unbranched alkanes of at least 4 members (excludes halogenated alkanes) is 1. The second-order valence-electron chi connectivity index (χ2n) is 4.86. The summed E-state index contributed by atoms with van der Waals surface area (Å²) in [6.07, 6.45) is 2.00. The Kier molecular flexibility index (Phi) is 4.76. The largest absolute Gasteiger partial charge is 0.391 e. The Morgan fingerprint density at radius 2 is 1.94 bits per heavy atom. The Hall–Kier alpha value is -0.650. The second kappa shape index (κ2) is 6.33. The third-order valence-electron chi connectivity index (χ3n) is 3.45. The average molecular weight is 242 g/mol. The molecule has 0 aliphatic carbocycles. The number of amides is 1. The molecule has 5 heteroatoms. The summed E-state index contributed by atoms with van der Waals surface area (Å²) in [6.45, 7) is 6.15. The minimum absolute atomic E-state index is 0.101. The number of carbonyl (C=O) groups excluding carboxylic acids is 1. The molecule has 1 amide bonds. The molecule has 0 spiro atoms. The van der Waals surface area contributed by atoms with Gasteiger partial charge in [-0.05, 0) is 19.4 Å². The molecule has 0 aromatic heterocycles. The van der Waals surface area contributed by atoms with Crippen molar-refractivity contribution in [1.82, 2.24) is 9.80 Å². The van der Waals surface area contributed by atoms with Crippen LogP contribution in [0.15, 0.2) is 0 Å². The average Bonchev–Trinajstić information content (AvgIpc) is 2.65. The summed E-state index contributed by atoms with van der Waals surface area (Å²) in [6, 6.07) is 0. The maximum absolute atomic E-state index is 11.4. The SMILES string of the molecule is O=C1CC(O)CN1CCCCN1CCOCC1. The first-order chi connectivity index (χ1) is 8.25. The number of aliphatic hydroxyl groups excluding tert-OH is 1. The highest BCUT2D eigenvalue weighted by atomic mass is 16.5. The van der Waals surface area contributed by atoms with Gasteiger partial charge in [-0.3, -0.25) is 9.69 Å². The van der Waals surface area contributed by atoms with Gasteiger partial charge in [-0.2, -0.15) is 0 Å². The van der Waals surface area contributed by atoms with E-state index in [0.29, 0.717) is 13.0 Å². The molecule has 2 rings (SSSR count). The lowest BCUT2D eigenvalue weighted by atomic mass is 10.2. The lowest BCUT2D eigenvalue weighted by Gasteiger charge is -2.26. The zero-order valence-corrected chi connectivity index (χ0v) is 10.3. The number of rotatable bonds is 5. The number of ether oxygens (including phenoxy) is 1. The number of likely N-dealkylation sites (tertiary alicyclic amines) is 1. The van der Waals surface area contributed by atoms with Crippen LogP contribution in [-0.4, -0.2) is 72.9 Å². The van der Waals surface area contributed by atoms with Gasteiger partial charge in [0.1, 0.15) is 0 Å². The summed E-state index contributed by atoms with van der Waals surface area (Å²) >= 11 is 0. The summed E-state index contributed by atoms with van der Waals surface area (Å²) in [7, 11) is 0. The number of nitrogens with zero attached hydrogens (tertiary/aromatic N) is 2. The van der Waals surface area contributed by atoms with Gasteiger partial charge in [-0.25, -0.2) is 0 Å². The lowest BCUT2D eigenvalue weighted by Crippen LogP contribution is -2.37. The molecule has 2 fully saturated rings. The van der Waals surface area contributed by atoms with Crippen molar-refractivity contribution >= 4 is 5.91 Å². The predicted octanol–water partition coefficient (Wildman–Crippen LogP) is -0.308. The van der Waals surface area contributed by atoms with E-state index in [2.05, 4.69) is 4.90 Å². The number of hydrogen-bond acceptors (Lipinski definition) is 4. The molecule has 1 unspecified atom stereocenters. The zero-order chi connectivity index (χ0) is 12.1. The number of carbonyl (C=O) groups is 1. The highest BCUT2D eigenvalue weighted by molar-refractivity contribution is 5.78. The second-order valence-corrected chi connectivity index (χ2v) is 4.86. The smallest absolute Gasteiger partial charge is 0.225 e. The molecule has 0 saturated carbocycles. The minimum atomic E-state index is -0.443. The van der Waals surface area contributed by atoms with Gasteiger partial charge in [0.15, 0.2) is 0 Å². The molecule has 17 heavy (non-hydrogen) atoms. The summed E-state index contributed by atoms with van der Waals surface area (Å²) in [5, 5.41) is 9.35. The zero-order valence-electron chi connectivity index (χ0n) is 10.3. The van der Waals surface area contributed by atoms with Crippen LogP contribution in [0.3, 0.4) is 0 Å². The molecule has 5 nitrogen and oxygen atoms in total. The van der Waals surface area contributed by atoms with E-state index in [1.54, 1.807) is 4.90 Å². The molecule has 0 aromatic carbocycles. The van der Waals surface area contributed by atoms with Gasteiger partial charge in [-0.15, -0.1) is 0 Å². The van der Waals surface area contributed by atoms with Gasteiger partial charge in [0.2, 0.25) is 5.91 Å². The first kappa shape index (κ1) is 12.8. The number of morpholine rings is 1. The predicted molar refractivity (Wildman–Crippen MR) is 63.7 cm³/mol. The molecule has 2 saturated heterocycles. The van der Waals surface area contributed by atoms with E-state index >= 15 is 0 Å². The van der Waals surface area contributed by atoms with Gasteiger partial charge in [0, 0.05) is 26.2 Å². The van der Waals surface area contributed by atoms with Crippen molar-refractivity contribution in [3.05, 3.63) is 0 Å². The van der Waals surface area contributed by atoms with Gasteiger partial charge in [0.25, 0.3) is 0 Å². The molecule has 0 bridgehead atoms. The van der Waals surface area contributed by atoms with E-state index in [9.17, 15) is 9.90 Å². The molecular formula is C12H22N2O3. The highest BCUT2D eigenvalue weighted by Crippen LogP contribution is 2.11. The number of β-amino-alcohol motifs (C(OH)–C–C–N with tert-alkyl or cyclic N) is 1. The molecule has 0 aromatic rings. The summed E-state index contributed by atoms with van der Waals surface area (Å²) in [4.78, 5) is 15.6. The van der Waals surface area contributed by atoms with Gasteiger partial charge < -0.3 is 14.7 Å². The summed E-state index contributed by atoms with van der Waals surface area (Å²) in [5.74, 6) is 0.101. The van der Waals surface area contributed by atoms with Crippen LogP contribution >= 0.6 is 0 Å². The Balaban J connectivity index is 1.55. The fraction of sp³-hybridized carbons (Fsp3) is 0.917. The standard InChI is InChI=1S/C12H22N2O3/c15-11-9-12(16)14(10-11)4-2-1-3-13-5-7-17-8-6-13/h11,15H,1-10H2. The Bertz CT molecular complexity index is 254. The van der Waals surface area contributed by atoms with Crippen molar-refractivity contribution in [2.75, 3.05) is 45.9 Å². The fourth-order valence-corrected chi connectivity index (χ4v) is 2.43. The molecule has 2 heterocycles. The first-order valence-corrected chi connectivity index (χ1v) is 6.51. The van der Waals surface area contributed by atoms with Crippen molar-refractivity contribution in [3.63, 3.8) is 0 Å². The van der Waals surface area contributed by atoms with Crippen molar-refractivity contribution in [2.45, 2.75) is 25.4 Å². The molecule has 98 valence electrons. The summed E-state index contributed by atoms with van der Waals surface area (Å²) < 4.78 is 5.29. The van der Waals surface area contributed by atoms with E-state index in [1.807, 2.05) is 0 Å². The first-order valence-electron chi connectivity index (χ1n) is 6.51. The van der Waals surface area contributed by atoms with E-state index < -0.39 is 6.10 Å². The third kappa shape index (κ3) is 3.94. The molecular weight excluding hydrogens is 220 g/mol. The molecule has 1 N–H and O–H groups in total. The fourth-order valence-electron chi connectivity index (χ4n) is 2.43. The van der Waals surface area contributed by atoms with Crippen LogP contribution in [0.1, 0.15) is 19.3 Å². The van der Waals surface area contributed by atoms with E-state index in [1.165, 1.54) is 0 Å². The van der Waals surface area contributed by atoms with Gasteiger partial charge in [-0.1, -0.05) is 0 Å². The maximum atomic E-state index is 11.4. The van der Waals surface area contributed by atoms with Gasteiger partial charge >= 0.3 is 0 Å². The quantitative estimate of drug-likeness (QED) is 0.672. The topological polar surface area (TPSA) is 53.0 Å². The lowest BCUT2D eigenvalue weighted by molar-refractivity contribution is -0.127. The van der Waals surface area contributed by atoms with Crippen LogP contribution in [0.25, 0.3) is 0 Å². The van der Waals surface area contributed by atoms with Crippen molar-refractivity contribution in [2.24, 2.45) is 0 Å². The van der Waals surface area contributed by atoms with Crippen LogP contribution in [0.2, 0.25) is 0 Å². The highest BCUT2D eigenvalue weighted by Gasteiger charge is 2.27. The van der Waals surface area contributed by atoms with Gasteiger partial charge in [0.05, 0.1) is 25.7 Å². The number of hydrogen-bond donors (Lipinski definition) is 1. The molecule has 2 aliphatic heterocycles. The summed E-state index contributed by atoms with van der Waals surface area (Å²) in [5.41, 5.74) is 0. The third-order valence-corrected chi connectivity index (χ3v) is 3.45. The van der Waals surface area contributed by atoms with Crippen molar-refractivity contribution in [1.29, 1.82) is 0 Å². The van der Waals surface area contributed by atoms with Crippen molar-refractivity contribution in [3.8, 4) is 0 Å². The van der Waals surface area contributed by atoms with E-state index in [4.69, 9.17) is 4.74 Å². The molecule has 2 aliphatic rings. The van der Waals surface area contributed by atoms with Crippen LogP contribution < -0.4 is 0 Å². The Labute approximate surface area is 102 Å². The minimum Gasteiger partial charge on any atom is -0.391 e. The van der Waals surface area contributed by atoms with Crippen molar-refractivity contribution < 1.29 is 14.6 Å². The van der Waals surface area contributed by atoms with E-state index in [-0.39, 0.29) is 5.91 Å². The molecule has 0 radical (unpaired) electrons. The van der Waals surface area contributed by atoms with Crippen LogP contribution in [0.5, 0.6) is 0 Å². The van der Waals surface area contributed by atoms with Crippen LogP contribution in [0.4, 0.5) is 0 Å². The van der Waals surface area contributed by atoms with Crippen LogP contribution in [-0.2, 0) is 9.53 Å². The number of aliphatic hydroxyl groups is 1. The van der Waals surface area contributed by atoms with Crippen LogP contribution in [0, 0.1) is 0 Å². The van der Waals surface area contributed by atoms with E-state index in [0.717, 1.165) is 52.2 Å².